The molecule has 1 atom stereocenters. The van der Waals surface area contributed by atoms with E-state index in [-0.39, 0.29) is 30.0 Å². The standard InChI is InChI=1S/C22H26ClN7O.HI/c1-24-22(25-12-15-4-3-5-16(10-15)21-26-14-27-29-21)28-18-8-9-30(13-18)19-11-17(23)6-7-20(19)31-2;/h3-7,10-11,14,18H,8-9,12-13H2,1-2H3,(H2,24,25,28)(H,26,27,29);1H. The van der Waals surface area contributed by atoms with Gasteiger partial charge in [-0.3, -0.25) is 10.1 Å². The third-order valence-electron chi connectivity index (χ3n) is 5.31. The lowest BCUT2D eigenvalue weighted by Crippen LogP contribution is -2.44. The van der Waals surface area contributed by atoms with E-state index in [0.29, 0.717) is 11.6 Å². The number of aromatic amines is 1. The molecule has 1 aromatic heterocycles. The fraction of sp³-hybridized carbons (Fsp3) is 0.318. The molecule has 0 amide bonds. The van der Waals surface area contributed by atoms with Crippen LogP contribution in [0.3, 0.4) is 0 Å². The van der Waals surface area contributed by atoms with Crippen molar-refractivity contribution in [2.45, 2.75) is 19.0 Å². The van der Waals surface area contributed by atoms with Gasteiger partial charge >= 0.3 is 0 Å². The van der Waals surface area contributed by atoms with Crippen LogP contribution in [0.2, 0.25) is 5.02 Å². The van der Waals surface area contributed by atoms with Gasteiger partial charge in [0, 0.05) is 43.3 Å². The van der Waals surface area contributed by atoms with E-state index < -0.39 is 0 Å². The molecule has 1 saturated heterocycles. The van der Waals surface area contributed by atoms with Crippen LogP contribution in [0.1, 0.15) is 12.0 Å². The van der Waals surface area contributed by atoms with Crippen LogP contribution in [-0.4, -0.2) is 54.4 Å². The molecule has 32 heavy (non-hydrogen) atoms. The SMILES string of the molecule is CN=C(NCc1cccc(-c2ncn[nH]2)c1)NC1CCN(c2cc(Cl)ccc2OC)C1.I. The number of anilines is 1. The van der Waals surface area contributed by atoms with E-state index >= 15 is 0 Å². The topological polar surface area (TPSA) is 90.5 Å². The summed E-state index contributed by atoms with van der Waals surface area (Å²) in [7, 11) is 3.47. The molecule has 0 saturated carbocycles. The Morgan fingerprint density at radius 3 is 2.94 bits per heavy atom. The van der Waals surface area contributed by atoms with Gasteiger partial charge in [0.2, 0.25) is 0 Å². The summed E-state index contributed by atoms with van der Waals surface area (Å²) in [5, 5.41) is 14.4. The van der Waals surface area contributed by atoms with Crippen molar-refractivity contribution in [2.24, 2.45) is 4.99 Å². The van der Waals surface area contributed by atoms with Crippen molar-refractivity contribution in [3.8, 4) is 17.1 Å². The molecule has 2 heterocycles. The Kier molecular flexibility index (Phi) is 8.57. The van der Waals surface area contributed by atoms with Crippen LogP contribution in [-0.2, 0) is 6.54 Å². The first-order chi connectivity index (χ1) is 15.2. The summed E-state index contributed by atoms with van der Waals surface area (Å²) in [5.41, 5.74) is 3.15. The third-order valence-corrected chi connectivity index (χ3v) is 5.54. The van der Waals surface area contributed by atoms with E-state index in [1.807, 2.05) is 30.3 Å². The van der Waals surface area contributed by atoms with E-state index in [0.717, 1.165) is 53.9 Å². The number of aromatic nitrogens is 3. The highest BCUT2D eigenvalue weighted by Crippen LogP contribution is 2.33. The van der Waals surface area contributed by atoms with Crippen LogP contribution >= 0.6 is 35.6 Å². The van der Waals surface area contributed by atoms with E-state index in [1.165, 1.54) is 6.33 Å². The molecule has 1 unspecified atom stereocenters. The number of halogens is 2. The zero-order valence-corrected chi connectivity index (χ0v) is 21.1. The Balaban J connectivity index is 0.00000289. The normalized spacial score (nSPS) is 15.9. The van der Waals surface area contributed by atoms with Gasteiger partial charge in [0.25, 0.3) is 0 Å². The van der Waals surface area contributed by atoms with Gasteiger partial charge in [0.1, 0.15) is 12.1 Å². The lowest BCUT2D eigenvalue weighted by molar-refractivity contribution is 0.415. The van der Waals surface area contributed by atoms with Crippen LogP contribution in [0.25, 0.3) is 11.4 Å². The average molecular weight is 568 g/mol. The van der Waals surface area contributed by atoms with Gasteiger partial charge in [-0.15, -0.1) is 24.0 Å². The summed E-state index contributed by atoms with van der Waals surface area (Å²) in [6.45, 7) is 2.42. The maximum Gasteiger partial charge on any atom is 0.191 e. The largest absolute Gasteiger partial charge is 0.495 e. The highest BCUT2D eigenvalue weighted by molar-refractivity contribution is 14.0. The summed E-state index contributed by atoms with van der Waals surface area (Å²) in [6, 6.07) is 14.2. The van der Waals surface area contributed by atoms with Crippen LogP contribution in [0.5, 0.6) is 5.75 Å². The van der Waals surface area contributed by atoms with Gasteiger partial charge in [-0.2, -0.15) is 5.10 Å². The Bertz CT molecular complexity index is 1040. The third kappa shape index (κ3) is 5.83. The first-order valence-corrected chi connectivity index (χ1v) is 10.5. The fourth-order valence-corrected chi connectivity index (χ4v) is 3.92. The second-order valence-electron chi connectivity index (χ2n) is 7.35. The molecule has 0 spiro atoms. The van der Waals surface area contributed by atoms with E-state index in [9.17, 15) is 0 Å². The Labute approximate surface area is 209 Å². The first-order valence-electron chi connectivity index (χ1n) is 10.2. The van der Waals surface area contributed by atoms with Gasteiger partial charge in [-0.05, 0) is 36.2 Å². The van der Waals surface area contributed by atoms with Gasteiger partial charge in [-0.25, -0.2) is 4.98 Å². The van der Waals surface area contributed by atoms with Crippen molar-refractivity contribution in [3.05, 3.63) is 59.4 Å². The van der Waals surface area contributed by atoms with Crippen LogP contribution in [0.15, 0.2) is 53.8 Å². The van der Waals surface area contributed by atoms with Crippen molar-refractivity contribution in [1.29, 1.82) is 0 Å². The van der Waals surface area contributed by atoms with Gasteiger partial charge < -0.3 is 20.3 Å². The molecule has 10 heteroatoms. The zero-order chi connectivity index (χ0) is 21.6. The Morgan fingerprint density at radius 1 is 1.31 bits per heavy atom. The summed E-state index contributed by atoms with van der Waals surface area (Å²) in [5.74, 6) is 2.36. The molecule has 2 aromatic carbocycles. The maximum atomic E-state index is 6.20. The summed E-state index contributed by atoms with van der Waals surface area (Å²) in [4.78, 5) is 10.9. The lowest BCUT2D eigenvalue weighted by Gasteiger charge is -2.22. The van der Waals surface area contributed by atoms with Crippen molar-refractivity contribution in [3.63, 3.8) is 0 Å². The predicted octanol–water partition coefficient (Wildman–Crippen LogP) is 3.70. The monoisotopic (exact) mass is 567 g/mol. The summed E-state index contributed by atoms with van der Waals surface area (Å²) < 4.78 is 5.51. The summed E-state index contributed by atoms with van der Waals surface area (Å²) >= 11 is 6.20. The highest BCUT2D eigenvalue weighted by Gasteiger charge is 2.25. The smallest absolute Gasteiger partial charge is 0.191 e. The maximum absolute atomic E-state index is 6.20. The fourth-order valence-electron chi connectivity index (χ4n) is 3.75. The molecule has 3 N–H and O–H groups in total. The Hall–Kier alpha value is -2.53. The molecule has 0 radical (unpaired) electrons. The molecular weight excluding hydrogens is 541 g/mol. The first kappa shape index (κ1) is 24.1. The van der Waals surface area contributed by atoms with Crippen LogP contribution in [0, 0.1) is 0 Å². The molecule has 170 valence electrons. The van der Waals surface area contributed by atoms with Gasteiger partial charge in [0.15, 0.2) is 11.8 Å². The minimum absolute atomic E-state index is 0. The molecule has 3 aromatic rings. The quantitative estimate of drug-likeness (QED) is 0.239. The minimum Gasteiger partial charge on any atom is -0.495 e. The number of hydrogen-bond acceptors (Lipinski definition) is 5. The molecule has 8 nitrogen and oxygen atoms in total. The molecular formula is C22H27ClIN7O. The number of methoxy groups -OCH3 is 1. The average Bonchev–Trinajstić information content (AvgIpc) is 3.49. The van der Waals surface area contributed by atoms with Crippen molar-refractivity contribution < 1.29 is 4.74 Å². The van der Waals surface area contributed by atoms with Crippen molar-refractivity contribution in [1.82, 2.24) is 25.8 Å². The van der Waals surface area contributed by atoms with Crippen molar-refractivity contribution in [2.75, 3.05) is 32.1 Å². The number of ether oxygens (including phenoxy) is 1. The second kappa shape index (κ2) is 11.4. The number of benzene rings is 2. The number of nitrogens with one attached hydrogen (secondary N) is 3. The van der Waals surface area contributed by atoms with E-state index in [4.69, 9.17) is 16.3 Å². The second-order valence-corrected chi connectivity index (χ2v) is 7.79. The number of rotatable bonds is 6. The molecule has 4 rings (SSSR count). The molecule has 1 aliphatic heterocycles. The number of H-pyrrole nitrogens is 1. The Morgan fingerprint density at radius 2 is 2.19 bits per heavy atom. The molecule has 1 aliphatic rings. The van der Waals surface area contributed by atoms with E-state index in [2.05, 4.69) is 47.8 Å². The van der Waals surface area contributed by atoms with Crippen molar-refractivity contribution >= 4 is 47.2 Å². The van der Waals surface area contributed by atoms with Crippen LogP contribution in [0.4, 0.5) is 5.69 Å². The van der Waals surface area contributed by atoms with Crippen LogP contribution < -0.4 is 20.3 Å². The molecule has 0 aliphatic carbocycles. The predicted molar refractivity (Wildman–Crippen MR) is 139 cm³/mol. The highest BCUT2D eigenvalue weighted by atomic mass is 127. The zero-order valence-electron chi connectivity index (χ0n) is 18.0. The number of hydrogen-bond donors (Lipinski definition) is 3. The number of aliphatic imine (C=N–C) groups is 1. The lowest BCUT2D eigenvalue weighted by atomic mass is 10.1. The molecule has 0 bridgehead atoms. The molecule has 1 fully saturated rings. The summed E-state index contributed by atoms with van der Waals surface area (Å²) in [6.07, 6.45) is 2.51. The number of nitrogens with zero attached hydrogens (tertiary/aromatic N) is 4. The van der Waals surface area contributed by atoms with E-state index in [1.54, 1.807) is 14.2 Å². The number of guanidine groups is 1. The van der Waals surface area contributed by atoms with Gasteiger partial charge in [0.05, 0.1) is 12.8 Å². The minimum atomic E-state index is 0. The van der Waals surface area contributed by atoms with Gasteiger partial charge in [-0.1, -0.05) is 29.8 Å².